The molecule has 0 radical (unpaired) electrons. The molecule has 2 atom stereocenters. The summed E-state index contributed by atoms with van der Waals surface area (Å²) in [6.45, 7) is 6.70. The number of rotatable bonds is 6. The van der Waals surface area contributed by atoms with Crippen molar-refractivity contribution in [2.24, 2.45) is 5.10 Å². The van der Waals surface area contributed by atoms with E-state index in [0.717, 1.165) is 5.01 Å². The predicted molar refractivity (Wildman–Crippen MR) is 117 cm³/mol. The zero-order valence-corrected chi connectivity index (χ0v) is 19.5. The van der Waals surface area contributed by atoms with Gasteiger partial charge >= 0.3 is 12.1 Å². The summed E-state index contributed by atoms with van der Waals surface area (Å²) in [5, 5.41) is 9.09. The lowest BCUT2D eigenvalue weighted by molar-refractivity contribution is 0.0213. The maximum atomic E-state index is 13.9. The van der Waals surface area contributed by atoms with E-state index in [1.807, 2.05) is 0 Å². The van der Waals surface area contributed by atoms with Crippen LogP contribution in [-0.2, 0) is 16.0 Å². The number of hydrogen-bond donors (Lipinski definition) is 0. The largest absolute Gasteiger partial charge is 0.442 e. The van der Waals surface area contributed by atoms with Gasteiger partial charge in [0.05, 0.1) is 12.6 Å². The molecule has 1 aromatic carbocycles. The van der Waals surface area contributed by atoms with Gasteiger partial charge in [0.25, 0.3) is 0 Å². The molecular formula is C22H25ClF2N4O4. The van der Waals surface area contributed by atoms with Gasteiger partial charge in [-0.05, 0) is 26.8 Å². The van der Waals surface area contributed by atoms with Crippen molar-refractivity contribution in [2.75, 3.05) is 0 Å². The van der Waals surface area contributed by atoms with Gasteiger partial charge in [0.1, 0.15) is 22.7 Å². The van der Waals surface area contributed by atoms with Crippen molar-refractivity contribution in [3.05, 3.63) is 52.6 Å². The normalized spacial score (nSPS) is 18.1. The standard InChI is InChI=1S/C22H25ClF2N4O4/c1-5-19(27-29(17-10-15(17)25)21(31)33-22(2,3)4)32-20(30)16-11-18(23)28(26-16)12-13-8-6-7-9-14(13)24/h6-9,11,15,17H,5,10,12H2,1-4H3/t15-,17-/m0/s1. The summed E-state index contributed by atoms with van der Waals surface area (Å²) in [6.07, 6.45) is -1.82. The van der Waals surface area contributed by atoms with E-state index >= 15 is 0 Å². The summed E-state index contributed by atoms with van der Waals surface area (Å²) in [7, 11) is 0. The Morgan fingerprint density at radius 2 is 2.00 bits per heavy atom. The van der Waals surface area contributed by atoms with Crippen molar-refractivity contribution in [3.63, 3.8) is 0 Å². The van der Waals surface area contributed by atoms with E-state index in [0.29, 0.717) is 5.56 Å². The van der Waals surface area contributed by atoms with Crippen LogP contribution in [0.2, 0.25) is 5.15 Å². The number of carbonyl (C=O) groups is 2. The highest BCUT2D eigenvalue weighted by molar-refractivity contribution is 6.30. The molecule has 33 heavy (non-hydrogen) atoms. The van der Waals surface area contributed by atoms with Crippen LogP contribution < -0.4 is 0 Å². The van der Waals surface area contributed by atoms with Gasteiger partial charge in [-0.3, -0.25) is 0 Å². The van der Waals surface area contributed by atoms with E-state index in [4.69, 9.17) is 21.1 Å². The summed E-state index contributed by atoms with van der Waals surface area (Å²) >= 11 is 6.14. The third kappa shape index (κ3) is 6.50. The van der Waals surface area contributed by atoms with Crippen molar-refractivity contribution in [1.82, 2.24) is 14.8 Å². The van der Waals surface area contributed by atoms with Gasteiger partial charge in [0.15, 0.2) is 5.69 Å². The number of hydrogen-bond acceptors (Lipinski definition) is 6. The van der Waals surface area contributed by atoms with Crippen molar-refractivity contribution in [1.29, 1.82) is 0 Å². The number of benzene rings is 1. The number of carbonyl (C=O) groups excluding carboxylic acids is 2. The number of esters is 1. The molecule has 0 saturated heterocycles. The Morgan fingerprint density at radius 1 is 1.33 bits per heavy atom. The van der Waals surface area contributed by atoms with Gasteiger partial charge in [-0.15, -0.1) is 5.10 Å². The highest BCUT2D eigenvalue weighted by Crippen LogP contribution is 2.33. The number of ether oxygens (including phenoxy) is 2. The molecule has 1 fully saturated rings. The molecule has 1 aliphatic carbocycles. The molecule has 3 rings (SSSR count). The first-order chi connectivity index (χ1) is 15.5. The molecule has 11 heteroatoms. The van der Waals surface area contributed by atoms with Crippen LogP contribution in [0.4, 0.5) is 13.6 Å². The van der Waals surface area contributed by atoms with Gasteiger partial charge < -0.3 is 9.47 Å². The molecule has 1 saturated carbocycles. The topological polar surface area (TPSA) is 86.0 Å². The van der Waals surface area contributed by atoms with Gasteiger partial charge in [-0.1, -0.05) is 36.7 Å². The Labute approximate surface area is 195 Å². The van der Waals surface area contributed by atoms with E-state index in [-0.39, 0.29) is 36.1 Å². The van der Waals surface area contributed by atoms with E-state index in [1.54, 1.807) is 45.9 Å². The summed E-state index contributed by atoms with van der Waals surface area (Å²) in [6, 6.07) is 6.62. The smallest absolute Gasteiger partial charge is 0.431 e. The van der Waals surface area contributed by atoms with Crippen LogP contribution in [0.25, 0.3) is 0 Å². The van der Waals surface area contributed by atoms with Crippen LogP contribution >= 0.6 is 11.6 Å². The molecule has 178 valence electrons. The summed E-state index contributed by atoms with van der Waals surface area (Å²) in [5.74, 6) is -1.42. The summed E-state index contributed by atoms with van der Waals surface area (Å²) in [5.41, 5.74) is -0.594. The average Bonchev–Trinajstić information content (AvgIpc) is 3.33. The summed E-state index contributed by atoms with van der Waals surface area (Å²) in [4.78, 5) is 25.1. The molecule has 0 spiro atoms. The van der Waals surface area contributed by atoms with E-state index in [2.05, 4.69) is 10.2 Å². The first kappa shape index (κ1) is 24.6. The maximum absolute atomic E-state index is 13.9. The van der Waals surface area contributed by atoms with Gasteiger partial charge in [-0.2, -0.15) is 10.1 Å². The monoisotopic (exact) mass is 482 g/mol. The van der Waals surface area contributed by atoms with Gasteiger partial charge in [0.2, 0.25) is 5.90 Å². The minimum atomic E-state index is -1.23. The predicted octanol–water partition coefficient (Wildman–Crippen LogP) is 4.95. The van der Waals surface area contributed by atoms with Crippen LogP contribution in [0.15, 0.2) is 35.4 Å². The Balaban J connectivity index is 1.75. The number of halogens is 3. The van der Waals surface area contributed by atoms with Crippen molar-refractivity contribution < 1.29 is 27.8 Å². The zero-order valence-electron chi connectivity index (χ0n) is 18.7. The van der Waals surface area contributed by atoms with E-state index in [1.165, 1.54) is 16.8 Å². The molecule has 0 unspecified atom stereocenters. The fraction of sp³-hybridized carbons (Fsp3) is 0.455. The van der Waals surface area contributed by atoms with E-state index < -0.39 is 35.7 Å². The Kier molecular flexibility index (Phi) is 7.36. The molecule has 1 aliphatic rings. The molecule has 8 nitrogen and oxygen atoms in total. The van der Waals surface area contributed by atoms with Crippen LogP contribution in [-0.4, -0.2) is 50.6 Å². The Bertz CT molecular complexity index is 1070. The van der Waals surface area contributed by atoms with E-state index in [9.17, 15) is 18.4 Å². The second-order valence-corrected chi connectivity index (χ2v) is 8.87. The SMILES string of the molecule is CCC(=NN(C(=O)OC(C)(C)C)[C@H]1C[C@@H]1F)OC(=O)c1cc(Cl)n(Cc2ccccc2F)n1. The van der Waals surface area contributed by atoms with Gasteiger partial charge in [0, 0.05) is 24.5 Å². The quantitative estimate of drug-likeness (QED) is 0.251. The van der Waals surface area contributed by atoms with Crippen LogP contribution in [0.5, 0.6) is 0 Å². The minimum absolute atomic E-state index is 0.0134. The molecule has 0 aliphatic heterocycles. The lowest BCUT2D eigenvalue weighted by atomic mass is 10.2. The number of aromatic nitrogens is 2. The van der Waals surface area contributed by atoms with Crippen molar-refractivity contribution >= 4 is 29.6 Å². The molecule has 0 N–H and O–H groups in total. The molecule has 1 aromatic heterocycles. The zero-order chi connectivity index (χ0) is 24.3. The number of amides is 1. The highest BCUT2D eigenvalue weighted by atomic mass is 35.5. The van der Waals surface area contributed by atoms with Crippen molar-refractivity contribution in [3.8, 4) is 0 Å². The lowest BCUT2D eigenvalue weighted by Crippen LogP contribution is -2.37. The molecule has 2 aromatic rings. The molecule has 0 bridgehead atoms. The number of alkyl halides is 1. The third-order valence-corrected chi connectivity index (χ3v) is 4.83. The second-order valence-electron chi connectivity index (χ2n) is 8.48. The third-order valence-electron chi connectivity index (χ3n) is 4.53. The number of hydrazone groups is 1. The van der Waals surface area contributed by atoms with Gasteiger partial charge in [-0.25, -0.2) is 23.1 Å². The van der Waals surface area contributed by atoms with Crippen LogP contribution in [0.3, 0.4) is 0 Å². The minimum Gasteiger partial charge on any atom is -0.442 e. The first-order valence-electron chi connectivity index (χ1n) is 10.4. The number of nitrogens with zero attached hydrogens (tertiary/aromatic N) is 4. The Morgan fingerprint density at radius 3 is 2.58 bits per heavy atom. The summed E-state index contributed by atoms with van der Waals surface area (Å²) < 4.78 is 39.4. The second kappa shape index (κ2) is 9.86. The van der Waals surface area contributed by atoms with Crippen LogP contribution in [0, 0.1) is 5.82 Å². The average molecular weight is 483 g/mol. The molecule has 1 heterocycles. The fourth-order valence-corrected chi connectivity index (χ4v) is 3.00. The first-order valence-corrected chi connectivity index (χ1v) is 10.8. The fourth-order valence-electron chi connectivity index (χ4n) is 2.80. The Hall–Kier alpha value is -3.01. The lowest BCUT2D eigenvalue weighted by Gasteiger charge is -2.24. The van der Waals surface area contributed by atoms with Crippen molar-refractivity contribution in [2.45, 2.75) is 64.9 Å². The maximum Gasteiger partial charge on any atom is 0.431 e. The molecule has 1 amide bonds. The molecular weight excluding hydrogens is 458 g/mol. The highest BCUT2D eigenvalue weighted by Gasteiger charge is 2.47. The van der Waals surface area contributed by atoms with Crippen LogP contribution in [0.1, 0.15) is 56.6 Å².